The highest BCUT2D eigenvalue weighted by Crippen LogP contribution is 2.28. The molecule has 0 saturated heterocycles. The molecule has 0 radical (unpaired) electrons. The number of benzene rings is 2. The van der Waals surface area contributed by atoms with Crippen molar-refractivity contribution in [3.63, 3.8) is 0 Å². The molecule has 1 heterocycles. The molecular formula is C20H17BrN4O3S2. The molecule has 0 aliphatic carbocycles. The first-order valence-corrected chi connectivity index (χ1v) is 11.8. The van der Waals surface area contributed by atoms with Crippen LogP contribution in [0.3, 0.4) is 0 Å². The number of aliphatic hydroxyl groups is 1. The van der Waals surface area contributed by atoms with Gasteiger partial charge in [0.2, 0.25) is 0 Å². The molecule has 0 aliphatic rings. The summed E-state index contributed by atoms with van der Waals surface area (Å²) in [4.78, 5) is 6.69. The maximum Gasteiger partial charge on any atom is 0.253 e. The van der Waals surface area contributed by atoms with Gasteiger partial charge in [-0.1, -0.05) is 45.8 Å². The van der Waals surface area contributed by atoms with Crippen LogP contribution < -0.4 is 10.3 Å². The summed E-state index contributed by atoms with van der Waals surface area (Å²) in [6, 6.07) is 15.8. The Balaban J connectivity index is 1.71. The van der Waals surface area contributed by atoms with Gasteiger partial charge in [0.1, 0.15) is 22.4 Å². The number of aliphatic hydroxyl groups excluding tert-OH is 1. The minimum atomic E-state index is -3.80. The molecule has 3 aromatic rings. The Kier molecular flexibility index (Phi) is 7.02. The Morgan fingerprint density at radius 3 is 2.50 bits per heavy atom. The van der Waals surface area contributed by atoms with E-state index in [1.54, 1.807) is 17.5 Å². The smallest absolute Gasteiger partial charge is 0.253 e. The predicted octanol–water partition coefficient (Wildman–Crippen LogP) is 4.16. The van der Waals surface area contributed by atoms with E-state index in [0.29, 0.717) is 10.7 Å². The molecule has 3 N–H and O–H groups in total. The fourth-order valence-electron chi connectivity index (χ4n) is 2.46. The number of thiazole rings is 1. The van der Waals surface area contributed by atoms with Crippen LogP contribution in [0, 0.1) is 18.3 Å². The van der Waals surface area contributed by atoms with Gasteiger partial charge in [-0.15, -0.1) is 16.2 Å². The maximum atomic E-state index is 12.3. The summed E-state index contributed by atoms with van der Waals surface area (Å²) in [6.07, 6.45) is 0. The Labute approximate surface area is 186 Å². The fraction of sp³-hybridized carbons (Fsp3) is 0.100. The Morgan fingerprint density at radius 1 is 1.20 bits per heavy atom. The Morgan fingerprint density at radius 2 is 1.87 bits per heavy atom. The number of sulfonamides is 1. The van der Waals surface area contributed by atoms with Crippen LogP contribution in [-0.4, -0.2) is 25.1 Å². The zero-order chi connectivity index (χ0) is 21.7. The van der Waals surface area contributed by atoms with E-state index in [1.807, 2.05) is 37.3 Å². The Bertz CT molecular complexity index is 1210. The molecule has 0 atom stereocenters. The molecule has 0 saturated carbocycles. The monoisotopic (exact) mass is 504 g/mol. The van der Waals surface area contributed by atoms with Crippen LogP contribution in [0.5, 0.6) is 0 Å². The normalized spacial score (nSPS) is 12.3. The van der Waals surface area contributed by atoms with Crippen molar-refractivity contribution in [3.8, 4) is 17.3 Å². The third kappa shape index (κ3) is 5.33. The average Bonchev–Trinajstić information content (AvgIpc) is 3.19. The van der Waals surface area contributed by atoms with Crippen molar-refractivity contribution in [2.24, 2.45) is 0 Å². The van der Waals surface area contributed by atoms with Gasteiger partial charge < -0.3 is 5.11 Å². The highest BCUT2D eigenvalue weighted by Gasteiger charge is 2.16. The van der Waals surface area contributed by atoms with Crippen molar-refractivity contribution >= 4 is 42.9 Å². The molecule has 0 unspecified atom stereocenters. The SMILES string of the molecule is Cc1ccc(S(=O)(=O)NNC/C(O)=C(\C#N)c2nc(-c3ccc(Br)cc3)cs2)cc1. The molecule has 1 aromatic heterocycles. The number of hydrazine groups is 1. The van der Waals surface area contributed by atoms with Gasteiger partial charge >= 0.3 is 0 Å². The van der Waals surface area contributed by atoms with Crippen molar-refractivity contribution in [3.05, 3.63) is 74.7 Å². The van der Waals surface area contributed by atoms with Crippen LogP contribution >= 0.6 is 27.3 Å². The molecule has 0 amide bonds. The van der Waals surface area contributed by atoms with E-state index in [1.165, 1.54) is 23.5 Å². The molecule has 3 rings (SSSR count). The first-order chi connectivity index (χ1) is 14.3. The molecular weight excluding hydrogens is 488 g/mol. The summed E-state index contributed by atoms with van der Waals surface area (Å²) in [5.74, 6) is -0.319. The standard InChI is InChI=1S/C20H17BrN4O3S2/c1-13-2-8-16(9-3-13)30(27,28)25-23-11-19(26)17(10-22)20-24-18(12-29-20)14-4-6-15(21)7-5-14/h2-9,12,23,25-26H,11H2,1H3/b19-17-. The van der Waals surface area contributed by atoms with E-state index in [2.05, 4.69) is 31.2 Å². The van der Waals surface area contributed by atoms with Crippen LogP contribution in [-0.2, 0) is 10.0 Å². The first kappa shape index (κ1) is 22.1. The number of nitrogens with one attached hydrogen (secondary N) is 2. The Hall–Kier alpha value is -2.55. The molecule has 0 bridgehead atoms. The van der Waals surface area contributed by atoms with E-state index < -0.39 is 10.0 Å². The average molecular weight is 505 g/mol. The number of nitriles is 1. The minimum absolute atomic E-state index is 0.0228. The molecule has 7 nitrogen and oxygen atoms in total. The second-order valence-corrected chi connectivity index (χ2v) is 9.71. The quantitative estimate of drug-likeness (QED) is 0.252. The van der Waals surface area contributed by atoms with Gasteiger partial charge in [-0.25, -0.2) is 18.8 Å². The second-order valence-electron chi connectivity index (χ2n) is 6.25. The summed E-state index contributed by atoms with van der Waals surface area (Å²) in [7, 11) is -3.80. The van der Waals surface area contributed by atoms with Crippen molar-refractivity contribution in [2.75, 3.05) is 6.54 Å². The number of hydrogen-bond acceptors (Lipinski definition) is 7. The van der Waals surface area contributed by atoms with Gasteiger partial charge in [0.05, 0.1) is 17.1 Å². The number of aromatic nitrogens is 1. The number of allylic oxidation sites excluding steroid dienone is 1. The van der Waals surface area contributed by atoms with Gasteiger partial charge in [-0.2, -0.15) is 5.26 Å². The molecule has 154 valence electrons. The fourth-order valence-corrected chi connectivity index (χ4v) is 4.44. The van der Waals surface area contributed by atoms with Crippen molar-refractivity contribution in [2.45, 2.75) is 11.8 Å². The highest BCUT2D eigenvalue weighted by molar-refractivity contribution is 9.10. The molecule has 0 fully saturated rings. The van der Waals surface area contributed by atoms with Crippen molar-refractivity contribution in [1.29, 1.82) is 5.26 Å². The lowest BCUT2D eigenvalue weighted by Gasteiger charge is -2.09. The molecule has 30 heavy (non-hydrogen) atoms. The topological polar surface area (TPSA) is 115 Å². The summed E-state index contributed by atoms with van der Waals surface area (Å²) >= 11 is 4.59. The number of halogens is 1. The summed E-state index contributed by atoms with van der Waals surface area (Å²) in [5.41, 5.74) is 4.91. The highest BCUT2D eigenvalue weighted by atomic mass is 79.9. The molecule has 10 heteroatoms. The predicted molar refractivity (Wildman–Crippen MR) is 120 cm³/mol. The van der Waals surface area contributed by atoms with E-state index in [4.69, 9.17) is 0 Å². The van der Waals surface area contributed by atoms with Crippen LogP contribution in [0.2, 0.25) is 0 Å². The van der Waals surface area contributed by atoms with Crippen LogP contribution in [0.15, 0.2) is 69.0 Å². The number of hydrogen-bond donors (Lipinski definition) is 3. The molecule has 2 aromatic carbocycles. The first-order valence-electron chi connectivity index (χ1n) is 8.65. The zero-order valence-corrected chi connectivity index (χ0v) is 19.0. The molecule has 0 aliphatic heterocycles. The lowest BCUT2D eigenvalue weighted by atomic mass is 10.2. The van der Waals surface area contributed by atoms with Crippen LogP contribution in [0.4, 0.5) is 0 Å². The van der Waals surface area contributed by atoms with Gasteiger partial charge in [-0.3, -0.25) is 0 Å². The minimum Gasteiger partial charge on any atom is -0.509 e. The largest absolute Gasteiger partial charge is 0.509 e. The van der Waals surface area contributed by atoms with Gasteiger partial charge in [0, 0.05) is 15.4 Å². The summed E-state index contributed by atoms with van der Waals surface area (Å²) < 4.78 is 25.5. The third-order valence-corrected chi connectivity index (χ3v) is 6.75. The van der Waals surface area contributed by atoms with E-state index in [9.17, 15) is 18.8 Å². The van der Waals surface area contributed by atoms with E-state index in [-0.39, 0.29) is 22.8 Å². The van der Waals surface area contributed by atoms with E-state index in [0.717, 1.165) is 15.6 Å². The van der Waals surface area contributed by atoms with Crippen LogP contribution in [0.1, 0.15) is 10.6 Å². The lowest BCUT2D eigenvalue weighted by Crippen LogP contribution is -2.38. The molecule has 0 spiro atoms. The van der Waals surface area contributed by atoms with Crippen LogP contribution in [0.25, 0.3) is 16.8 Å². The second kappa shape index (κ2) is 9.51. The van der Waals surface area contributed by atoms with E-state index >= 15 is 0 Å². The summed E-state index contributed by atoms with van der Waals surface area (Å²) in [5, 5.41) is 21.9. The third-order valence-electron chi connectivity index (χ3n) is 4.05. The maximum absolute atomic E-state index is 12.3. The van der Waals surface area contributed by atoms with Gasteiger partial charge in [0.25, 0.3) is 10.0 Å². The summed E-state index contributed by atoms with van der Waals surface area (Å²) in [6.45, 7) is 1.58. The van der Waals surface area contributed by atoms with Crippen molar-refractivity contribution < 1.29 is 13.5 Å². The number of rotatable bonds is 7. The number of nitrogens with zero attached hydrogens (tertiary/aromatic N) is 2. The lowest BCUT2D eigenvalue weighted by molar-refractivity contribution is 0.389. The number of aryl methyl sites for hydroxylation is 1. The van der Waals surface area contributed by atoms with Crippen molar-refractivity contribution in [1.82, 2.24) is 15.2 Å². The zero-order valence-electron chi connectivity index (χ0n) is 15.8. The van der Waals surface area contributed by atoms with Gasteiger partial charge in [-0.05, 0) is 31.2 Å². The van der Waals surface area contributed by atoms with Gasteiger partial charge in [0.15, 0.2) is 0 Å².